The topological polar surface area (TPSA) is 65.0 Å². The lowest BCUT2D eigenvalue weighted by molar-refractivity contribution is 0.668. The Morgan fingerprint density at radius 2 is 0.661 bits per heavy atom. The largest absolute Gasteiger partial charge is 0.456 e. The minimum Gasteiger partial charge on any atom is -0.456 e. The van der Waals surface area contributed by atoms with Crippen molar-refractivity contribution >= 4 is 43.9 Å². The average Bonchev–Trinajstić information content (AvgIpc) is 3.85. The van der Waals surface area contributed by atoms with Gasteiger partial charge in [0.1, 0.15) is 22.3 Å². The number of para-hydroxylation sites is 2. The van der Waals surface area contributed by atoms with Gasteiger partial charge < -0.3 is 8.83 Å². The monoisotopic (exact) mass is 717 g/mol. The molecule has 3 heterocycles. The molecule has 0 bridgehead atoms. The maximum absolute atomic E-state index is 6.25. The van der Waals surface area contributed by atoms with E-state index in [1.54, 1.807) is 0 Å². The van der Waals surface area contributed by atoms with E-state index in [2.05, 4.69) is 127 Å². The summed E-state index contributed by atoms with van der Waals surface area (Å²) < 4.78 is 12.5. The molecule has 5 nitrogen and oxygen atoms in total. The van der Waals surface area contributed by atoms with E-state index in [0.717, 1.165) is 93.9 Å². The molecule has 8 aromatic carbocycles. The van der Waals surface area contributed by atoms with Crippen LogP contribution in [0.5, 0.6) is 0 Å². The van der Waals surface area contributed by atoms with Crippen LogP contribution < -0.4 is 0 Å². The van der Waals surface area contributed by atoms with E-state index in [0.29, 0.717) is 17.5 Å². The van der Waals surface area contributed by atoms with E-state index < -0.39 is 0 Å². The Kier molecular flexibility index (Phi) is 7.42. The molecule has 0 fully saturated rings. The Labute approximate surface area is 322 Å². The Morgan fingerprint density at radius 3 is 1.23 bits per heavy atom. The molecule has 0 aliphatic rings. The normalized spacial score (nSPS) is 11.6. The summed E-state index contributed by atoms with van der Waals surface area (Å²) in [6.07, 6.45) is 0. The maximum atomic E-state index is 6.25. The Morgan fingerprint density at radius 1 is 0.268 bits per heavy atom. The van der Waals surface area contributed by atoms with Crippen molar-refractivity contribution in [2.75, 3.05) is 0 Å². The van der Waals surface area contributed by atoms with Gasteiger partial charge in [-0.25, -0.2) is 15.0 Å². The fourth-order valence-electron chi connectivity index (χ4n) is 7.98. The Hall–Kier alpha value is -7.63. The van der Waals surface area contributed by atoms with Crippen molar-refractivity contribution in [1.29, 1.82) is 0 Å². The third kappa shape index (κ3) is 5.37. The molecule has 0 atom stereocenters. The molecular weight excluding hydrogens is 687 g/mol. The maximum Gasteiger partial charge on any atom is 0.164 e. The quantitative estimate of drug-likeness (QED) is 0.171. The molecule has 0 spiro atoms. The van der Waals surface area contributed by atoms with Gasteiger partial charge in [0.05, 0.1) is 0 Å². The number of aromatic nitrogens is 3. The number of hydrogen-bond donors (Lipinski definition) is 0. The van der Waals surface area contributed by atoms with Crippen molar-refractivity contribution in [2.24, 2.45) is 0 Å². The smallest absolute Gasteiger partial charge is 0.164 e. The Balaban J connectivity index is 1.10. The summed E-state index contributed by atoms with van der Waals surface area (Å²) in [7, 11) is 0. The van der Waals surface area contributed by atoms with E-state index in [1.807, 2.05) is 60.7 Å². The highest BCUT2D eigenvalue weighted by atomic mass is 16.3. The highest BCUT2D eigenvalue weighted by Gasteiger charge is 2.19. The molecule has 0 aliphatic heterocycles. The summed E-state index contributed by atoms with van der Waals surface area (Å²) in [5, 5.41) is 4.35. The SMILES string of the molecule is c1ccc(-c2ccccc2-c2nc(-c3cccc(-c4cccc5oc6ccccc6c45)c3)nc(-c3cccc(-c4cccc5oc6ccccc6c45)c3)n2)cc1. The van der Waals surface area contributed by atoms with Crippen molar-refractivity contribution in [2.45, 2.75) is 0 Å². The van der Waals surface area contributed by atoms with Gasteiger partial charge in [-0.3, -0.25) is 0 Å². The number of hydrogen-bond acceptors (Lipinski definition) is 5. The highest BCUT2D eigenvalue weighted by molar-refractivity contribution is 6.13. The van der Waals surface area contributed by atoms with Gasteiger partial charge in [-0.1, -0.05) is 152 Å². The lowest BCUT2D eigenvalue weighted by Gasteiger charge is -2.13. The lowest BCUT2D eigenvalue weighted by atomic mass is 9.97. The van der Waals surface area contributed by atoms with Crippen LogP contribution in [0.25, 0.3) is 111 Å². The van der Waals surface area contributed by atoms with E-state index in [-0.39, 0.29) is 0 Å². The molecule has 0 amide bonds. The van der Waals surface area contributed by atoms with Crippen molar-refractivity contribution in [3.05, 3.63) is 188 Å². The molecule has 0 radical (unpaired) electrons. The fraction of sp³-hybridized carbons (Fsp3) is 0. The minimum atomic E-state index is 0.590. The van der Waals surface area contributed by atoms with Crippen LogP contribution in [0.1, 0.15) is 0 Å². The summed E-state index contributed by atoms with van der Waals surface area (Å²) in [4.78, 5) is 15.7. The van der Waals surface area contributed by atoms with E-state index >= 15 is 0 Å². The number of benzene rings is 8. The Bertz CT molecular complexity index is 3090. The number of rotatable bonds is 6. The van der Waals surface area contributed by atoms with Gasteiger partial charge in [-0.05, 0) is 69.8 Å². The van der Waals surface area contributed by atoms with Crippen molar-refractivity contribution in [1.82, 2.24) is 15.0 Å². The molecule has 3 aromatic heterocycles. The zero-order valence-electron chi connectivity index (χ0n) is 30.1. The van der Waals surface area contributed by atoms with Gasteiger partial charge in [0.2, 0.25) is 0 Å². The van der Waals surface area contributed by atoms with Crippen LogP contribution in [0.4, 0.5) is 0 Å². The van der Waals surface area contributed by atoms with Gasteiger partial charge in [-0.15, -0.1) is 0 Å². The molecule has 5 heteroatoms. The predicted molar refractivity (Wildman–Crippen MR) is 227 cm³/mol. The minimum absolute atomic E-state index is 0.590. The van der Waals surface area contributed by atoms with E-state index in [4.69, 9.17) is 23.8 Å². The van der Waals surface area contributed by atoms with Crippen LogP contribution >= 0.6 is 0 Å². The molecule has 11 aromatic rings. The standard InChI is InChI=1S/C51H31N3O2/c1-2-14-32(15-3-1)37-20-4-5-21-40(37)51-53-49(35-18-10-16-33(30-35)38-24-12-28-45-47(38)41-22-6-8-26-43(41)55-45)52-50(54-51)36-19-11-17-34(31-36)39-25-13-29-46-48(39)42-23-7-9-27-44(42)56-46/h1-31H. The lowest BCUT2D eigenvalue weighted by Crippen LogP contribution is -2.01. The van der Waals surface area contributed by atoms with Gasteiger partial charge in [0, 0.05) is 38.2 Å². The molecule has 56 heavy (non-hydrogen) atoms. The first kappa shape index (κ1) is 31.9. The molecule has 0 saturated heterocycles. The second-order valence-corrected chi connectivity index (χ2v) is 13.9. The molecule has 0 saturated carbocycles. The van der Waals surface area contributed by atoms with Crippen molar-refractivity contribution in [3.8, 4) is 67.5 Å². The zero-order chi connectivity index (χ0) is 37.0. The molecule has 11 rings (SSSR count). The fourth-order valence-corrected chi connectivity index (χ4v) is 7.98. The number of furan rings is 2. The van der Waals surface area contributed by atoms with Crippen molar-refractivity contribution < 1.29 is 8.83 Å². The van der Waals surface area contributed by atoms with E-state index in [9.17, 15) is 0 Å². The van der Waals surface area contributed by atoms with Gasteiger partial charge in [-0.2, -0.15) is 0 Å². The third-order valence-corrected chi connectivity index (χ3v) is 10.6. The molecule has 262 valence electrons. The second-order valence-electron chi connectivity index (χ2n) is 13.9. The summed E-state index contributed by atoms with van der Waals surface area (Å²) in [5.74, 6) is 1.78. The zero-order valence-corrected chi connectivity index (χ0v) is 30.1. The van der Waals surface area contributed by atoms with Crippen molar-refractivity contribution in [3.63, 3.8) is 0 Å². The first-order chi connectivity index (χ1) is 27.7. The molecule has 0 aliphatic carbocycles. The van der Waals surface area contributed by atoms with Crippen LogP contribution in [0.15, 0.2) is 197 Å². The van der Waals surface area contributed by atoms with E-state index in [1.165, 1.54) is 0 Å². The summed E-state index contributed by atoms with van der Waals surface area (Å²) in [6, 6.07) is 64.5. The highest BCUT2D eigenvalue weighted by Crippen LogP contribution is 2.40. The first-order valence-corrected chi connectivity index (χ1v) is 18.7. The van der Waals surface area contributed by atoms with Gasteiger partial charge >= 0.3 is 0 Å². The van der Waals surface area contributed by atoms with Crippen LogP contribution in [0.2, 0.25) is 0 Å². The number of fused-ring (bicyclic) bond motifs is 6. The predicted octanol–water partition coefficient (Wildman–Crippen LogP) is 13.7. The van der Waals surface area contributed by atoms with Crippen LogP contribution in [-0.4, -0.2) is 15.0 Å². The second kappa shape index (κ2) is 13.0. The van der Waals surface area contributed by atoms with Gasteiger partial charge in [0.15, 0.2) is 17.5 Å². The first-order valence-electron chi connectivity index (χ1n) is 18.7. The van der Waals surface area contributed by atoms with Crippen LogP contribution in [0.3, 0.4) is 0 Å². The molecule has 0 N–H and O–H groups in total. The summed E-state index contributed by atoms with van der Waals surface area (Å²) in [5.41, 5.74) is 12.6. The van der Waals surface area contributed by atoms with Crippen LogP contribution in [-0.2, 0) is 0 Å². The summed E-state index contributed by atoms with van der Waals surface area (Å²) >= 11 is 0. The third-order valence-electron chi connectivity index (χ3n) is 10.6. The summed E-state index contributed by atoms with van der Waals surface area (Å²) in [6.45, 7) is 0. The van der Waals surface area contributed by atoms with Crippen LogP contribution in [0, 0.1) is 0 Å². The molecular formula is C51H31N3O2. The van der Waals surface area contributed by atoms with Gasteiger partial charge in [0.25, 0.3) is 0 Å². The average molecular weight is 718 g/mol. The number of nitrogens with zero attached hydrogens (tertiary/aromatic N) is 3. The molecule has 0 unspecified atom stereocenters.